The fourth-order valence-electron chi connectivity index (χ4n) is 3.60. The third-order valence-electron chi connectivity index (χ3n) is 5.53. The number of amides is 1. The van der Waals surface area contributed by atoms with Crippen molar-refractivity contribution in [2.75, 3.05) is 4.72 Å². The summed E-state index contributed by atoms with van der Waals surface area (Å²) in [4.78, 5) is 25.2. The van der Waals surface area contributed by atoms with Crippen LogP contribution < -0.4 is 10.0 Å². The molecule has 0 saturated heterocycles. The minimum atomic E-state index is -4.22. The average molecular weight is 600 g/mol. The molecule has 192 valence electrons. The van der Waals surface area contributed by atoms with Crippen LogP contribution in [-0.2, 0) is 14.8 Å². The zero-order valence-electron chi connectivity index (χ0n) is 18.8. The summed E-state index contributed by atoms with van der Waals surface area (Å²) in [5.41, 5.74) is 0.830. The van der Waals surface area contributed by atoms with Gasteiger partial charge in [0.05, 0.1) is 33.0 Å². The van der Waals surface area contributed by atoms with Crippen LogP contribution in [-0.4, -0.2) is 40.2 Å². The number of halogens is 3. The van der Waals surface area contributed by atoms with Gasteiger partial charge in [0.2, 0.25) is 0 Å². The number of hydrogen-bond donors (Lipinski definition) is 3. The van der Waals surface area contributed by atoms with Crippen LogP contribution in [0, 0.1) is 0 Å². The van der Waals surface area contributed by atoms with Crippen LogP contribution in [0.15, 0.2) is 59.5 Å². The number of hydrogen-bond acceptors (Lipinski definition) is 7. The highest BCUT2D eigenvalue weighted by molar-refractivity contribution is 7.93. The number of carbonyl (C=O) groups is 2. The van der Waals surface area contributed by atoms with Crippen LogP contribution in [0.25, 0.3) is 11.0 Å². The van der Waals surface area contributed by atoms with Gasteiger partial charge >= 0.3 is 5.97 Å². The number of rotatable bonds is 8. The first-order valence-electron chi connectivity index (χ1n) is 10.5. The Balaban J connectivity index is 1.65. The monoisotopic (exact) mass is 598 g/mol. The van der Waals surface area contributed by atoms with Gasteiger partial charge in [-0.25, -0.2) is 13.2 Å². The molecule has 0 radical (unpaired) electrons. The van der Waals surface area contributed by atoms with E-state index in [2.05, 4.69) is 18.8 Å². The second-order valence-corrected chi connectivity index (χ2v) is 11.4. The van der Waals surface area contributed by atoms with Gasteiger partial charge in [0.15, 0.2) is 0 Å². The van der Waals surface area contributed by atoms with Gasteiger partial charge in [-0.15, -0.1) is 0 Å². The van der Waals surface area contributed by atoms with Crippen molar-refractivity contribution in [3.05, 3.63) is 80.8 Å². The molecule has 1 aromatic heterocycles. The fraction of sp³-hybridized carbons (Fsp3) is 0.130. The summed E-state index contributed by atoms with van der Waals surface area (Å²) < 4.78 is 36.9. The van der Waals surface area contributed by atoms with Gasteiger partial charge in [-0.3, -0.25) is 9.52 Å². The van der Waals surface area contributed by atoms with E-state index < -0.39 is 33.9 Å². The summed E-state index contributed by atoms with van der Waals surface area (Å²) in [6.45, 7) is 1.60. The molecule has 9 nitrogen and oxygen atoms in total. The van der Waals surface area contributed by atoms with E-state index in [1.807, 2.05) is 0 Å². The number of carboxylic acid groups (broad SMARTS) is 1. The van der Waals surface area contributed by atoms with E-state index in [1.165, 1.54) is 42.5 Å². The molecule has 3 N–H and O–H groups in total. The third kappa shape index (κ3) is 5.81. The number of nitrogens with one attached hydrogen (secondary N) is 2. The van der Waals surface area contributed by atoms with E-state index >= 15 is 0 Å². The molecule has 0 unspecified atom stereocenters. The van der Waals surface area contributed by atoms with Crippen molar-refractivity contribution in [2.24, 2.45) is 0 Å². The number of sulfonamides is 1. The Morgan fingerprint density at radius 1 is 1.00 bits per heavy atom. The number of carboxylic acids is 1. The Morgan fingerprint density at radius 3 is 2.46 bits per heavy atom. The van der Waals surface area contributed by atoms with Gasteiger partial charge in [-0.2, -0.15) is 8.75 Å². The number of fused-ring (bicyclic) bond motifs is 1. The van der Waals surface area contributed by atoms with Crippen LogP contribution in [0.2, 0.25) is 15.1 Å². The summed E-state index contributed by atoms with van der Waals surface area (Å²) in [5, 5.41) is 13.0. The van der Waals surface area contributed by atoms with E-state index in [9.17, 15) is 23.1 Å². The lowest BCUT2D eigenvalue weighted by molar-refractivity contribution is -0.139. The number of aliphatic carboxylic acids is 1. The van der Waals surface area contributed by atoms with Crippen LogP contribution >= 0.6 is 46.5 Å². The highest BCUT2D eigenvalue weighted by Gasteiger charge is 2.30. The standard InChI is InChI=1S/C23H17Cl3N4O5S2/c1-11(12-5-8-15(25)16(26)9-12)20(23(32)33)27-22(31)14-7-6-13(24)10-18(14)30-37(34,35)19-4-2-3-17-21(19)29-36-28-17/h2-11,20,30H,1H3,(H,27,31)(H,32,33)/t11-,20-/m1/s1. The highest BCUT2D eigenvalue weighted by atomic mass is 35.5. The Bertz CT molecular complexity index is 1630. The first-order chi connectivity index (χ1) is 17.5. The Kier molecular flexibility index (Phi) is 7.91. The lowest BCUT2D eigenvalue weighted by Gasteiger charge is -2.23. The minimum absolute atomic E-state index is 0.135. The normalized spacial score (nSPS) is 13.2. The van der Waals surface area contributed by atoms with E-state index in [0.29, 0.717) is 16.1 Å². The molecular weight excluding hydrogens is 583 g/mol. The molecule has 0 aliphatic heterocycles. The van der Waals surface area contributed by atoms with Crippen molar-refractivity contribution < 1.29 is 23.1 Å². The third-order valence-corrected chi connectivity index (χ3v) is 8.44. The van der Waals surface area contributed by atoms with Gasteiger partial charge in [-0.05, 0) is 48.0 Å². The van der Waals surface area contributed by atoms with Crippen LogP contribution in [0.3, 0.4) is 0 Å². The first-order valence-corrected chi connectivity index (χ1v) is 13.8. The lowest BCUT2D eigenvalue weighted by atomic mass is 9.93. The molecule has 1 heterocycles. The summed E-state index contributed by atoms with van der Waals surface area (Å²) in [6.07, 6.45) is 0. The Labute approximate surface area is 230 Å². The summed E-state index contributed by atoms with van der Waals surface area (Å²) in [7, 11) is -4.22. The average Bonchev–Trinajstić information content (AvgIpc) is 3.32. The molecule has 2 atom stereocenters. The quantitative estimate of drug-likeness (QED) is 0.245. The number of nitrogens with zero attached hydrogens (tertiary/aromatic N) is 2. The largest absolute Gasteiger partial charge is 0.480 e. The molecule has 0 aliphatic rings. The van der Waals surface area contributed by atoms with Gasteiger partial charge in [0.25, 0.3) is 15.9 Å². The van der Waals surface area contributed by atoms with Gasteiger partial charge in [0, 0.05) is 10.9 Å². The van der Waals surface area contributed by atoms with E-state index in [4.69, 9.17) is 34.8 Å². The van der Waals surface area contributed by atoms with Crippen LogP contribution in [0.4, 0.5) is 5.69 Å². The van der Waals surface area contributed by atoms with Crippen molar-refractivity contribution in [1.82, 2.24) is 14.1 Å². The zero-order valence-corrected chi connectivity index (χ0v) is 22.7. The van der Waals surface area contributed by atoms with E-state index in [0.717, 1.165) is 11.7 Å². The van der Waals surface area contributed by atoms with E-state index in [1.54, 1.807) is 19.1 Å². The van der Waals surface area contributed by atoms with E-state index in [-0.39, 0.29) is 31.7 Å². The lowest BCUT2D eigenvalue weighted by Crippen LogP contribution is -2.44. The fourth-order valence-corrected chi connectivity index (χ4v) is 5.92. The second kappa shape index (κ2) is 10.8. The molecular formula is C23H17Cl3N4O5S2. The Morgan fingerprint density at radius 2 is 1.76 bits per heavy atom. The highest BCUT2D eigenvalue weighted by Crippen LogP contribution is 2.30. The summed E-state index contributed by atoms with van der Waals surface area (Å²) in [6, 6.07) is 11.7. The zero-order chi connectivity index (χ0) is 26.9. The number of benzene rings is 3. The maximum atomic E-state index is 13.2. The van der Waals surface area contributed by atoms with Crippen LogP contribution in [0.5, 0.6) is 0 Å². The smallest absolute Gasteiger partial charge is 0.326 e. The maximum absolute atomic E-state index is 13.2. The SMILES string of the molecule is C[C@H](c1ccc(Cl)c(Cl)c1)[C@@H](NC(=O)c1ccc(Cl)cc1NS(=O)(=O)c1cccc2nsnc12)C(=O)O. The van der Waals surface area contributed by atoms with Gasteiger partial charge in [-0.1, -0.05) is 53.9 Å². The minimum Gasteiger partial charge on any atom is -0.480 e. The van der Waals surface area contributed by atoms with Crippen molar-refractivity contribution >= 4 is 85.2 Å². The number of aromatic nitrogens is 2. The molecule has 3 aromatic carbocycles. The summed E-state index contributed by atoms with van der Waals surface area (Å²) >= 11 is 19.0. The van der Waals surface area contributed by atoms with Crippen LogP contribution in [0.1, 0.15) is 28.8 Å². The predicted molar refractivity (Wildman–Crippen MR) is 143 cm³/mol. The molecule has 0 aliphatic carbocycles. The van der Waals surface area contributed by atoms with Crippen molar-refractivity contribution in [3.63, 3.8) is 0 Å². The molecule has 14 heteroatoms. The Hall–Kier alpha value is -2.96. The maximum Gasteiger partial charge on any atom is 0.326 e. The molecule has 0 saturated carbocycles. The summed E-state index contributed by atoms with van der Waals surface area (Å²) in [5.74, 6) is -2.84. The molecule has 0 spiro atoms. The first kappa shape index (κ1) is 27.1. The number of anilines is 1. The number of carbonyl (C=O) groups excluding carboxylic acids is 1. The molecule has 0 bridgehead atoms. The van der Waals surface area contributed by atoms with Gasteiger partial charge < -0.3 is 10.4 Å². The molecule has 0 fully saturated rings. The molecule has 4 rings (SSSR count). The molecule has 4 aromatic rings. The molecule has 1 amide bonds. The van der Waals surface area contributed by atoms with Crippen molar-refractivity contribution in [3.8, 4) is 0 Å². The second-order valence-electron chi connectivity index (χ2n) is 7.94. The van der Waals surface area contributed by atoms with Crippen molar-refractivity contribution in [1.29, 1.82) is 0 Å². The predicted octanol–water partition coefficient (Wildman–Crippen LogP) is 5.44. The molecule has 37 heavy (non-hydrogen) atoms. The van der Waals surface area contributed by atoms with Crippen molar-refractivity contribution in [2.45, 2.75) is 23.8 Å². The topological polar surface area (TPSA) is 138 Å². The van der Waals surface area contributed by atoms with Gasteiger partial charge in [0.1, 0.15) is 22.0 Å².